The van der Waals surface area contributed by atoms with Crippen molar-refractivity contribution in [3.8, 4) is 0 Å². The van der Waals surface area contributed by atoms with Gasteiger partial charge >= 0.3 is 0 Å². The molecule has 0 saturated heterocycles. The number of H-pyrrole nitrogens is 1. The highest BCUT2D eigenvalue weighted by Gasteiger charge is 2.33. The van der Waals surface area contributed by atoms with Gasteiger partial charge in [0.15, 0.2) is 0 Å². The van der Waals surface area contributed by atoms with Crippen LogP contribution in [0.25, 0.3) is 10.9 Å². The predicted molar refractivity (Wildman–Crippen MR) is 129 cm³/mol. The van der Waals surface area contributed by atoms with Crippen molar-refractivity contribution in [3.63, 3.8) is 0 Å². The number of hydrogen-bond acceptors (Lipinski definition) is 4. The van der Waals surface area contributed by atoms with Crippen molar-refractivity contribution >= 4 is 33.9 Å². The third-order valence-corrected chi connectivity index (χ3v) is 6.57. The molecule has 0 fully saturated rings. The molecule has 1 aliphatic rings. The van der Waals surface area contributed by atoms with Crippen LogP contribution < -0.4 is 10.2 Å². The summed E-state index contributed by atoms with van der Waals surface area (Å²) < 4.78 is 0. The molecule has 0 spiro atoms. The van der Waals surface area contributed by atoms with Gasteiger partial charge in [-0.05, 0) is 41.0 Å². The zero-order valence-corrected chi connectivity index (χ0v) is 18.6. The lowest BCUT2D eigenvalue weighted by Gasteiger charge is -2.31. The van der Waals surface area contributed by atoms with E-state index in [0.29, 0.717) is 0 Å². The number of hydrogen-bond donors (Lipinski definition) is 2. The van der Waals surface area contributed by atoms with E-state index in [1.54, 1.807) is 12.1 Å². The summed E-state index contributed by atoms with van der Waals surface area (Å²) >= 11 is 6.06. The van der Waals surface area contributed by atoms with Crippen molar-refractivity contribution in [3.05, 3.63) is 104 Å². The van der Waals surface area contributed by atoms with Crippen LogP contribution in [-0.2, 0) is 0 Å². The van der Waals surface area contributed by atoms with Crippen molar-refractivity contribution in [1.29, 1.82) is 0 Å². The minimum atomic E-state index is -0.435. The van der Waals surface area contributed by atoms with E-state index in [0.717, 1.165) is 29.0 Å². The van der Waals surface area contributed by atoms with E-state index in [1.807, 2.05) is 32.3 Å². The van der Waals surface area contributed by atoms with E-state index in [4.69, 9.17) is 11.6 Å². The topological polar surface area (TPSA) is 74.2 Å². The van der Waals surface area contributed by atoms with E-state index >= 15 is 0 Å². The Hall–Kier alpha value is -3.35. The lowest BCUT2D eigenvalue weighted by molar-refractivity contribution is -0.384. The number of aromatic amines is 1. The van der Waals surface area contributed by atoms with Gasteiger partial charge in [0, 0.05) is 54.9 Å². The Morgan fingerprint density at radius 3 is 2.47 bits per heavy atom. The summed E-state index contributed by atoms with van der Waals surface area (Å²) in [6, 6.07) is 21.7. The Balaban J connectivity index is 1.64. The molecule has 6 nitrogen and oxygen atoms in total. The van der Waals surface area contributed by atoms with Crippen LogP contribution in [0, 0.1) is 10.1 Å². The van der Waals surface area contributed by atoms with Gasteiger partial charge in [-0.1, -0.05) is 48.0 Å². The summed E-state index contributed by atoms with van der Waals surface area (Å²) in [5, 5.41) is 16.4. The number of aromatic nitrogens is 1. The first kappa shape index (κ1) is 20.5. The average Bonchev–Trinajstić information content (AvgIpc) is 3.18. The molecule has 2 atom stereocenters. The van der Waals surface area contributed by atoms with Crippen LogP contribution in [0.4, 0.5) is 11.4 Å². The maximum absolute atomic E-state index is 11.4. The molecule has 4 aromatic rings. The number of nitro benzene ring substituents is 1. The first-order valence-electron chi connectivity index (χ1n) is 10.5. The van der Waals surface area contributed by atoms with Gasteiger partial charge in [-0.3, -0.25) is 10.1 Å². The van der Waals surface area contributed by atoms with Crippen molar-refractivity contribution in [2.24, 2.45) is 0 Å². The number of rotatable bonds is 4. The number of anilines is 1. The fraction of sp³-hybridized carbons (Fsp3) is 0.200. The van der Waals surface area contributed by atoms with E-state index in [-0.39, 0.29) is 22.7 Å². The van der Waals surface area contributed by atoms with Gasteiger partial charge in [0.25, 0.3) is 5.69 Å². The molecule has 0 unspecified atom stereocenters. The van der Waals surface area contributed by atoms with Gasteiger partial charge in [0.2, 0.25) is 0 Å². The Bertz CT molecular complexity index is 1310. The SMILES string of the molecule is CN(C)c1ccc([C@@H]2CN[C@@H](c3ccc(Cl)c([N+](=O)[O-])c3)c3[nH]c4ccccc4c32)cc1. The van der Waals surface area contributed by atoms with E-state index in [9.17, 15) is 10.1 Å². The van der Waals surface area contributed by atoms with Gasteiger partial charge in [0.1, 0.15) is 5.02 Å². The van der Waals surface area contributed by atoms with Crippen LogP contribution in [0.1, 0.15) is 34.3 Å². The van der Waals surface area contributed by atoms with Crippen molar-refractivity contribution in [1.82, 2.24) is 10.3 Å². The summed E-state index contributed by atoms with van der Waals surface area (Å²) in [5.74, 6) is 0.163. The van der Waals surface area contributed by atoms with Crippen LogP contribution in [-0.4, -0.2) is 30.5 Å². The maximum atomic E-state index is 11.4. The van der Waals surface area contributed by atoms with Gasteiger partial charge in [0.05, 0.1) is 11.0 Å². The zero-order valence-electron chi connectivity index (χ0n) is 17.8. The summed E-state index contributed by atoms with van der Waals surface area (Å²) in [7, 11) is 4.07. The number of benzene rings is 3. The Labute approximate surface area is 191 Å². The highest BCUT2D eigenvalue weighted by Crippen LogP contribution is 2.42. The largest absolute Gasteiger partial charge is 0.378 e. The molecule has 5 rings (SSSR count). The minimum absolute atomic E-state index is 0.0787. The fourth-order valence-corrected chi connectivity index (χ4v) is 4.84. The predicted octanol–water partition coefficient (Wildman–Crippen LogP) is 5.62. The highest BCUT2D eigenvalue weighted by molar-refractivity contribution is 6.32. The molecule has 1 aromatic heterocycles. The standard InChI is InChI=1S/C25H23ClN4O2/c1-29(2)17-10-7-15(8-11-17)19-14-27-24(16-9-12-20(26)22(13-16)30(31)32)25-23(19)18-5-3-4-6-21(18)28-25/h3-13,19,24,27-28H,14H2,1-2H3/t19-,24-/m0/s1. The molecule has 0 bridgehead atoms. The van der Waals surface area contributed by atoms with Crippen LogP contribution in [0.3, 0.4) is 0 Å². The molecule has 2 N–H and O–H groups in total. The van der Waals surface area contributed by atoms with Crippen LogP contribution in [0.15, 0.2) is 66.7 Å². The third kappa shape index (κ3) is 3.42. The molecule has 162 valence electrons. The summed E-state index contributed by atoms with van der Waals surface area (Å²) in [6.07, 6.45) is 0. The summed E-state index contributed by atoms with van der Waals surface area (Å²) in [4.78, 5) is 16.7. The number of fused-ring (bicyclic) bond motifs is 3. The molecule has 0 aliphatic carbocycles. The Morgan fingerprint density at radius 2 is 1.75 bits per heavy atom. The molecule has 32 heavy (non-hydrogen) atoms. The molecular weight excluding hydrogens is 424 g/mol. The van der Waals surface area contributed by atoms with E-state index in [1.165, 1.54) is 16.5 Å². The van der Waals surface area contributed by atoms with Crippen LogP contribution in [0.5, 0.6) is 0 Å². The third-order valence-electron chi connectivity index (χ3n) is 6.25. The molecule has 7 heteroatoms. The van der Waals surface area contributed by atoms with Gasteiger partial charge in [-0.2, -0.15) is 0 Å². The number of para-hydroxylation sites is 1. The number of nitrogens with one attached hydrogen (secondary N) is 2. The molecule has 1 aliphatic heterocycles. The van der Waals surface area contributed by atoms with Gasteiger partial charge < -0.3 is 15.2 Å². The van der Waals surface area contributed by atoms with Crippen LogP contribution in [0.2, 0.25) is 5.02 Å². The molecule has 2 heterocycles. The van der Waals surface area contributed by atoms with Crippen molar-refractivity contribution < 1.29 is 4.92 Å². The second kappa shape index (κ2) is 7.97. The van der Waals surface area contributed by atoms with E-state index < -0.39 is 4.92 Å². The quantitative estimate of drug-likeness (QED) is 0.315. The number of nitro groups is 1. The van der Waals surface area contributed by atoms with Crippen molar-refractivity contribution in [2.45, 2.75) is 12.0 Å². The lowest BCUT2D eigenvalue weighted by Crippen LogP contribution is -2.34. The fourth-order valence-electron chi connectivity index (χ4n) is 4.65. The lowest BCUT2D eigenvalue weighted by atomic mass is 9.83. The number of nitrogens with zero attached hydrogens (tertiary/aromatic N) is 2. The van der Waals surface area contributed by atoms with Gasteiger partial charge in [-0.25, -0.2) is 0 Å². The monoisotopic (exact) mass is 446 g/mol. The Morgan fingerprint density at radius 1 is 1.03 bits per heavy atom. The second-order valence-electron chi connectivity index (χ2n) is 8.35. The Kier molecular flexibility index (Phi) is 5.12. The normalized spacial score (nSPS) is 17.8. The first-order valence-corrected chi connectivity index (χ1v) is 10.9. The zero-order chi connectivity index (χ0) is 22.4. The molecular formula is C25H23ClN4O2. The first-order chi connectivity index (χ1) is 15.4. The number of halogens is 1. The van der Waals surface area contributed by atoms with Crippen molar-refractivity contribution in [2.75, 3.05) is 25.5 Å². The maximum Gasteiger partial charge on any atom is 0.288 e. The van der Waals surface area contributed by atoms with Gasteiger partial charge in [-0.15, -0.1) is 0 Å². The summed E-state index contributed by atoms with van der Waals surface area (Å²) in [6.45, 7) is 0.719. The highest BCUT2D eigenvalue weighted by atomic mass is 35.5. The average molecular weight is 447 g/mol. The van der Waals surface area contributed by atoms with Crippen LogP contribution >= 0.6 is 11.6 Å². The molecule has 3 aromatic carbocycles. The minimum Gasteiger partial charge on any atom is -0.378 e. The summed E-state index contributed by atoms with van der Waals surface area (Å²) in [5.41, 5.74) is 6.46. The van der Waals surface area contributed by atoms with E-state index in [2.05, 4.69) is 51.6 Å². The smallest absolute Gasteiger partial charge is 0.288 e. The second-order valence-corrected chi connectivity index (χ2v) is 8.75. The molecule has 0 amide bonds. The molecule has 0 saturated carbocycles. The molecule has 0 radical (unpaired) electrons.